The van der Waals surface area contributed by atoms with E-state index in [1.165, 1.54) is 74.0 Å². The third-order valence-electron chi connectivity index (χ3n) is 12.5. The van der Waals surface area contributed by atoms with Crippen molar-refractivity contribution in [2.24, 2.45) is 5.92 Å². The van der Waals surface area contributed by atoms with Crippen LogP contribution >= 0.6 is 7.82 Å². The third-order valence-corrected chi connectivity index (χ3v) is 13.4. The van der Waals surface area contributed by atoms with Crippen LogP contribution in [0.15, 0.2) is 28.7 Å². The number of ether oxygens (including phenoxy) is 3. The molecule has 15 heteroatoms. The average molecular weight is 970 g/mol. The van der Waals surface area contributed by atoms with E-state index in [1.54, 1.807) is 12.2 Å². The van der Waals surface area contributed by atoms with Gasteiger partial charge in [-0.2, -0.15) is 0 Å². The maximum atomic E-state index is 12.9. The number of nitrogens with zero attached hydrogens (tertiary/aromatic N) is 1. The van der Waals surface area contributed by atoms with Gasteiger partial charge in [-0.3, -0.25) is 14.2 Å². The minimum absolute atomic E-state index is 0.0255. The monoisotopic (exact) mass is 970 g/mol. The van der Waals surface area contributed by atoms with Crippen LogP contribution in [0, 0.1) is 19.8 Å². The van der Waals surface area contributed by atoms with Gasteiger partial charge < -0.3 is 52.4 Å². The second kappa shape index (κ2) is 34.8. The average Bonchev–Trinajstić information content (AvgIpc) is 3.53. The summed E-state index contributed by atoms with van der Waals surface area (Å²) in [6.45, 7) is 8.14. The molecule has 1 aliphatic rings. The lowest BCUT2D eigenvalue weighted by Crippen LogP contribution is -2.43. The van der Waals surface area contributed by atoms with E-state index in [9.17, 15) is 34.4 Å². The summed E-state index contributed by atoms with van der Waals surface area (Å²) in [5.74, 6) is 0.980. The van der Waals surface area contributed by atoms with Gasteiger partial charge in [0.15, 0.2) is 12.4 Å². The number of allylic oxidation sites excluding steroid dienone is 2. The molecule has 0 aromatic carbocycles. The number of furan rings is 1. The van der Waals surface area contributed by atoms with Crippen molar-refractivity contribution >= 4 is 19.8 Å². The predicted molar refractivity (Wildman–Crippen MR) is 261 cm³/mol. The number of carbonyl (C=O) groups excluding carboxylic acids is 2. The van der Waals surface area contributed by atoms with Crippen molar-refractivity contribution in [3.63, 3.8) is 0 Å². The zero-order chi connectivity index (χ0) is 49.5. The number of esters is 2. The van der Waals surface area contributed by atoms with Crippen LogP contribution in [0.5, 0.6) is 0 Å². The zero-order valence-corrected chi connectivity index (χ0v) is 43.5. The number of hydrogen-bond donors (Lipinski definition) is 3. The van der Waals surface area contributed by atoms with E-state index < -0.39 is 57.1 Å². The molecule has 2 heterocycles. The summed E-state index contributed by atoms with van der Waals surface area (Å²) in [7, 11) is 0.984. The number of quaternary nitrogens is 1. The fraction of sp³-hybridized carbons (Fsp3) is 0.808. The summed E-state index contributed by atoms with van der Waals surface area (Å²) in [6.07, 6.45) is 25.0. The topological polar surface area (TPSA) is 194 Å². The van der Waals surface area contributed by atoms with Crippen LogP contribution in [0.25, 0.3) is 0 Å². The van der Waals surface area contributed by atoms with Crippen LogP contribution in [0.3, 0.4) is 0 Å². The molecule has 3 N–H and O–H groups in total. The molecule has 2 rings (SSSR count). The first kappa shape index (κ1) is 60.7. The summed E-state index contributed by atoms with van der Waals surface area (Å²) in [5.41, 5.74) is 2.66. The van der Waals surface area contributed by atoms with Crippen LogP contribution in [-0.4, -0.2) is 110 Å². The highest BCUT2D eigenvalue weighted by Crippen LogP contribution is 2.38. The summed E-state index contributed by atoms with van der Waals surface area (Å²) in [6, 6.07) is 0. The maximum absolute atomic E-state index is 12.9. The third kappa shape index (κ3) is 28.8. The number of hydrogen-bond acceptors (Lipinski definition) is 13. The van der Waals surface area contributed by atoms with E-state index in [1.807, 2.05) is 33.3 Å². The van der Waals surface area contributed by atoms with Crippen molar-refractivity contribution in [3.8, 4) is 0 Å². The lowest BCUT2D eigenvalue weighted by Gasteiger charge is -2.36. The van der Waals surface area contributed by atoms with Crippen molar-refractivity contribution in [3.05, 3.63) is 47.0 Å². The van der Waals surface area contributed by atoms with Crippen LogP contribution < -0.4 is 4.89 Å². The van der Waals surface area contributed by atoms with E-state index >= 15 is 0 Å². The van der Waals surface area contributed by atoms with E-state index in [0.717, 1.165) is 57.8 Å². The Balaban J connectivity index is 1.72. The zero-order valence-electron chi connectivity index (χ0n) is 42.6. The Morgan fingerprint density at radius 2 is 1.37 bits per heavy atom. The number of phosphoric ester groups is 1. The molecule has 0 radical (unpaired) electrons. The van der Waals surface area contributed by atoms with Crippen LogP contribution in [0.2, 0.25) is 0 Å². The van der Waals surface area contributed by atoms with Gasteiger partial charge in [0.2, 0.25) is 0 Å². The van der Waals surface area contributed by atoms with Gasteiger partial charge in [-0.15, -0.1) is 0 Å². The molecule has 1 saturated heterocycles. The smallest absolute Gasteiger partial charge is 0.306 e. The summed E-state index contributed by atoms with van der Waals surface area (Å²) in [4.78, 5) is 38.0. The van der Waals surface area contributed by atoms with Gasteiger partial charge in [-0.1, -0.05) is 122 Å². The second-order valence-electron chi connectivity index (χ2n) is 19.6. The second-order valence-corrected chi connectivity index (χ2v) is 21.1. The Labute approximate surface area is 404 Å². The van der Waals surface area contributed by atoms with Crippen molar-refractivity contribution in [2.75, 3.05) is 47.5 Å². The number of aliphatic hydroxyl groups excluding tert-OH is 3. The molecule has 7 atom stereocenters. The molecule has 0 aliphatic carbocycles. The molecule has 67 heavy (non-hydrogen) atoms. The van der Waals surface area contributed by atoms with Gasteiger partial charge in [0, 0.05) is 38.0 Å². The number of aryl methyl sites for hydroxylation is 2. The van der Waals surface area contributed by atoms with Crippen LogP contribution in [0.1, 0.15) is 184 Å². The summed E-state index contributed by atoms with van der Waals surface area (Å²) < 4.78 is 45.9. The van der Waals surface area contributed by atoms with Gasteiger partial charge in [0.1, 0.15) is 31.3 Å². The number of likely N-dealkylation sites (N-methyl/N-ethyl adjacent to an activating group) is 1. The molecule has 2 unspecified atom stereocenters. The summed E-state index contributed by atoms with van der Waals surface area (Å²) >= 11 is 0. The highest BCUT2D eigenvalue weighted by molar-refractivity contribution is 7.45. The number of phosphoric acid groups is 1. The number of unbranched alkanes of at least 4 members (excludes halogenated alkanes) is 14. The largest absolute Gasteiger partial charge is 0.756 e. The molecule has 1 aliphatic heterocycles. The van der Waals surface area contributed by atoms with Crippen molar-refractivity contribution in [1.29, 1.82) is 0 Å². The molecular formula is C52H92NO13P. The van der Waals surface area contributed by atoms with Gasteiger partial charge >= 0.3 is 11.9 Å². The molecular weight excluding hydrogens is 878 g/mol. The van der Waals surface area contributed by atoms with Gasteiger partial charge in [0.05, 0.1) is 46.1 Å². The lowest BCUT2D eigenvalue weighted by atomic mass is 9.87. The minimum atomic E-state index is -4.72. The number of rotatable bonds is 39. The fourth-order valence-electron chi connectivity index (χ4n) is 8.05. The SMILES string of the molecule is CCCCCc1oc(CCCCCCCCCCCCC(=O)OC[C@H](COP(=O)([O-])OCC[N+](C)(C)C)OC(=O)CCC/C=C\C[C@H]2[C@@H](O)CC(O)O[C@@H]2/C=C/[C@@H](O)CCCCC)c(C)c1C. The summed E-state index contributed by atoms with van der Waals surface area (Å²) in [5, 5.41) is 31.1. The molecule has 14 nitrogen and oxygen atoms in total. The van der Waals surface area contributed by atoms with Crippen molar-refractivity contribution in [2.45, 2.75) is 219 Å². The number of aliphatic hydroxyl groups is 3. The first-order valence-corrected chi connectivity index (χ1v) is 27.3. The van der Waals surface area contributed by atoms with E-state index in [-0.39, 0.29) is 38.4 Å². The van der Waals surface area contributed by atoms with Crippen LogP contribution in [-0.2, 0) is 50.3 Å². The van der Waals surface area contributed by atoms with Gasteiger partial charge in [0.25, 0.3) is 7.82 Å². The Morgan fingerprint density at radius 1 is 0.791 bits per heavy atom. The molecule has 0 amide bonds. The molecule has 0 saturated carbocycles. The standard InChI is InChI=1S/C52H92NO13P/c1-8-10-22-28-43(54)34-35-49-45(46(55)38-52(58)66-49)29-24-20-21-27-33-51(57)64-44(40-63-67(59,60)62-37-36-53(5,6)7)39-61-50(56)32-26-19-17-15-13-12-14-16-18-25-31-48-42(4)41(3)47(65-48)30-23-11-9-2/h20,24,34-35,43-46,49,52,54-55,58H,8-19,21-23,25-33,36-40H2,1-7H3/b24-20-,35-34+/t43-,44+,45-,46-,49+,52?/m0/s1. The maximum Gasteiger partial charge on any atom is 0.306 e. The van der Waals surface area contributed by atoms with E-state index in [2.05, 4.69) is 27.7 Å². The molecule has 1 aromatic heterocycles. The predicted octanol–water partition coefficient (Wildman–Crippen LogP) is 9.82. The Hall–Kier alpha value is -2.39. The number of carbonyl (C=O) groups is 2. The Kier molecular flexibility index (Phi) is 31.6. The first-order valence-electron chi connectivity index (χ1n) is 25.8. The normalized spacial score (nSPS) is 19.8. The van der Waals surface area contributed by atoms with E-state index in [0.29, 0.717) is 43.1 Å². The fourth-order valence-corrected chi connectivity index (χ4v) is 8.78. The Morgan fingerprint density at radius 3 is 2.00 bits per heavy atom. The van der Waals surface area contributed by atoms with Crippen molar-refractivity contribution < 1.29 is 66.5 Å². The Bertz CT molecular complexity index is 1590. The molecule has 0 bridgehead atoms. The molecule has 1 fully saturated rings. The lowest BCUT2D eigenvalue weighted by molar-refractivity contribution is -0.870. The highest BCUT2D eigenvalue weighted by Gasteiger charge is 2.35. The van der Waals surface area contributed by atoms with Crippen LogP contribution in [0.4, 0.5) is 0 Å². The van der Waals surface area contributed by atoms with Gasteiger partial charge in [-0.25, -0.2) is 0 Å². The minimum Gasteiger partial charge on any atom is -0.756 e. The molecule has 388 valence electrons. The highest BCUT2D eigenvalue weighted by atomic mass is 31.2. The van der Waals surface area contributed by atoms with Gasteiger partial charge in [-0.05, 0) is 69.9 Å². The van der Waals surface area contributed by atoms with E-state index in [4.69, 9.17) is 27.7 Å². The quantitative estimate of drug-likeness (QED) is 0.0186. The first-order chi connectivity index (χ1) is 31.9. The molecule has 0 spiro atoms. The van der Waals surface area contributed by atoms with Crippen molar-refractivity contribution in [1.82, 2.24) is 0 Å². The molecule has 1 aromatic rings.